The second kappa shape index (κ2) is 11.9. The zero-order chi connectivity index (χ0) is 24.1. The molecule has 0 aromatic heterocycles. The van der Waals surface area contributed by atoms with E-state index in [1.807, 2.05) is 50.2 Å². The van der Waals surface area contributed by atoms with Gasteiger partial charge in [0.15, 0.2) is 5.75 Å². The van der Waals surface area contributed by atoms with Crippen molar-refractivity contribution in [3.63, 3.8) is 0 Å². The molecule has 1 radical (unpaired) electrons. The topological polar surface area (TPSA) is 129 Å². The predicted octanol–water partition coefficient (Wildman–Crippen LogP) is 8.12. The maximum Gasteiger partial charge on any atom is 0.152 e. The van der Waals surface area contributed by atoms with Crippen LogP contribution in [0.2, 0.25) is 0 Å². The second-order valence-corrected chi connectivity index (χ2v) is 8.17. The van der Waals surface area contributed by atoms with Crippen LogP contribution in [-0.2, 0) is 26.4 Å². The molecule has 4 aromatic carbocycles. The average molecular weight is 540 g/mol. The molecule has 0 spiro atoms. The Hall–Kier alpha value is -3.31. The third-order valence-corrected chi connectivity index (χ3v) is 5.51. The third kappa shape index (κ3) is 6.43. The smallest absolute Gasteiger partial charge is 0.152 e. The van der Waals surface area contributed by atoms with Crippen molar-refractivity contribution < 1.29 is 41.9 Å². The number of aromatic hydroxyl groups is 2. The van der Waals surface area contributed by atoms with Crippen LogP contribution in [0, 0.1) is 13.8 Å². The Balaban J connectivity index is 0.00000342. The second-order valence-electron chi connectivity index (χ2n) is 7.43. The fourth-order valence-corrected chi connectivity index (χ4v) is 3.67. The molecule has 11 heteroatoms. The summed E-state index contributed by atoms with van der Waals surface area (Å²) >= 11 is 0.653. The van der Waals surface area contributed by atoms with E-state index < -0.39 is 0 Å². The molecule has 0 aliphatic carbocycles. The van der Waals surface area contributed by atoms with Crippen molar-refractivity contribution in [3.8, 4) is 11.5 Å². The Labute approximate surface area is 215 Å². The van der Waals surface area contributed by atoms with Crippen LogP contribution in [0.5, 0.6) is 11.5 Å². The van der Waals surface area contributed by atoms with Crippen LogP contribution in [0.25, 0.3) is 10.8 Å². The summed E-state index contributed by atoms with van der Waals surface area (Å²) in [6.07, 6.45) is 0. The number of benzene rings is 4. The maximum atomic E-state index is 10.8. The molecule has 0 bridgehead atoms. The fourth-order valence-electron chi connectivity index (χ4n) is 3.17. The summed E-state index contributed by atoms with van der Waals surface area (Å²) in [6.45, 7) is 3.91. The minimum absolute atomic E-state index is 0. The van der Waals surface area contributed by atoms with Gasteiger partial charge in [-0.3, -0.25) is 0 Å². The molecule has 0 heterocycles. The third-order valence-electron chi connectivity index (χ3n) is 4.89. The molecule has 35 heavy (non-hydrogen) atoms. The minimum Gasteiger partial charge on any atom is -0.506 e. The number of fused-ring (bicyclic) bond motifs is 1. The molecule has 9 nitrogen and oxygen atoms in total. The first-order valence-electron chi connectivity index (χ1n) is 10.1. The summed E-state index contributed by atoms with van der Waals surface area (Å²) in [7, 11) is 0. The Kier molecular flexibility index (Phi) is 8.94. The van der Waals surface area contributed by atoms with Gasteiger partial charge < -0.3 is 10.2 Å². The summed E-state index contributed by atoms with van der Waals surface area (Å²) in [6, 6.07) is 19.4. The predicted molar refractivity (Wildman–Crippen MR) is 129 cm³/mol. The minimum atomic E-state index is -0.163. The van der Waals surface area contributed by atoms with E-state index in [-0.39, 0.29) is 39.9 Å². The molecule has 0 saturated carbocycles. The molecule has 0 aliphatic heterocycles. The summed E-state index contributed by atoms with van der Waals surface area (Å²) in [5.74, 6) is -0.294. The molecular weight excluding hydrogens is 520 g/mol. The van der Waals surface area contributed by atoms with Crippen molar-refractivity contribution in [1.29, 1.82) is 0 Å². The number of azo groups is 2. The van der Waals surface area contributed by atoms with Gasteiger partial charge in [-0.2, -0.15) is 10.2 Å². The van der Waals surface area contributed by atoms with Crippen LogP contribution < -0.4 is 0 Å². The largest absolute Gasteiger partial charge is 0.506 e. The molecule has 0 unspecified atom stereocenters. The van der Waals surface area contributed by atoms with E-state index in [9.17, 15) is 10.2 Å². The summed E-state index contributed by atoms with van der Waals surface area (Å²) in [5, 5.41) is 51.2. The van der Waals surface area contributed by atoms with Crippen molar-refractivity contribution in [2.75, 3.05) is 0 Å². The molecule has 0 fully saturated rings. The zero-order valence-electron chi connectivity index (χ0n) is 18.5. The van der Waals surface area contributed by atoms with Gasteiger partial charge in [-0.1, -0.05) is 46.5 Å². The van der Waals surface area contributed by atoms with E-state index in [0.29, 0.717) is 33.7 Å². The van der Waals surface area contributed by atoms with Crippen molar-refractivity contribution in [1.82, 2.24) is 0 Å². The quantitative estimate of drug-likeness (QED) is 0.0714. The maximum absolute atomic E-state index is 10.8. The van der Waals surface area contributed by atoms with E-state index in [0.717, 1.165) is 16.5 Å². The Morgan fingerprint density at radius 2 is 1.43 bits per heavy atom. The van der Waals surface area contributed by atoms with Crippen LogP contribution >= 0.6 is 12.0 Å². The Morgan fingerprint density at radius 1 is 0.743 bits per heavy atom. The number of rotatable bonds is 7. The normalized spacial score (nSPS) is 11.4. The van der Waals surface area contributed by atoms with Crippen molar-refractivity contribution in [2.24, 2.45) is 20.5 Å². The van der Waals surface area contributed by atoms with Crippen LogP contribution in [-0.4, -0.2) is 15.5 Å². The Morgan fingerprint density at radius 3 is 2.14 bits per heavy atom. The summed E-state index contributed by atoms with van der Waals surface area (Å²) in [4.78, 5) is 0.344. The number of nitrogens with zero attached hydrogens (tertiary/aromatic N) is 4. The molecular formula is C24H20CuN4O5S. The Bertz CT molecular complexity index is 1400. The van der Waals surface area contributed by atoms with Crippen LogP contribution in [0.4, 0.5) is 22.7 Å². The molecule has 0 atom stereocenters. The van der Waals surface area contributed by atoms with Gasteiger partial charge in [-0.05, 0) is 49.6 Å². The number of aryl methyl sites for hydroxylation is 2. The summed E-state index contributed by atoms with van der Waals surface area (Å²) < 4.78 is 4.54. The number of hydrogen-bond donors (Lipinski definition) is 3. The van der Waals surface area contributed by atoms with E-state index in [2.05, 4.69) is 29.8 Å². The molecule has 3 N–H and O–H groups in total. The van der Waals surface area contributed by atoms with Crippen molar-refractivity contribution in [3.05, 3.63) is 77.9 Å². The molecule has 0 aliphatic rings. The molecule has 0 amide bonds. The number of phenolic OH excluding ortho intramolecular Hbond substituents is 2. The van der Waals surface area contributed by atoms with Crippen LogP contribution in [0.3, 0.4) is 0 Å². The van der Waals surface area contributed by atoms with Gasteiger partial charge in [0.05, 0.1) is 28.3 Å². The van der Waals surface area contributed by atoms with Gasteiger partial charge in [0.25, 0.3) is 0 Å². The van der Waals surface area contributed by atoms with E-state index in [1.54, 1.807) is 18.2 Å². The first-order chi connectivity index (χ1) is 16.4. The molecule has 4 rings (SSSR count). The monoisotopic (exact) mass is 539 g/mol. The molecule has 0 saturated heterocycles. The van der Waals surface area contributed by atoms with E-state index in [1.165, 1.54) is 12.1 Å². The number of hydrogen-bond acceptors (Lipinski definition) is 10. The zero-order valence-corrected chi connectivity index (χ0v) is 20.3. The van der Waals surface area contributed by atoms with Crippen molar-refractivity contribution in [2.45, 2.75) is 18.7 Å². The first kappa shape index (κ1) is 26.3. The molecule has 4 aromatic rings. The van der Waals surface area contributed by atoms with Gasteiger partial charge in [0, 0.05) is 28.5 Å². The van der Waals surface area contributed by atoms with Gasteiger partial charge in [-0.25, -0.2) is 5.26 Å². The SMILES string of the molecule is Cc1ccc(N=Nc2ccc(N=Nc3c(SOOO)cc4cc(C)ccc4c3O)c(O)c2)cc1.[Cu]. The fraction of sp³-hybridized carbons (Fsp3) is 0.0833. The van der Waals surface area contributed by atoms with Gasteiger partial charge >= 0.3 is 0 Å². The average Bonchev–Trinajstić information content (AvgIpc) is 2.82. The van der Waals surface area contributed by atoms with Crippen LogP contribution in [0.1, 0.15) is 11.1 Å². The van der Waals surface area contributed by atoms with Crippen LogP contribution in [0.15, 0.2) is 92.1 Å². The van der Waals surface area contributed by atoms with Gasteiger partial charge in [0.2, 0.25) is 0 Å². The first-order valence-corrected chi connectivity index (χ1v) is 10.8. The van der Waals surface area contributed by atoms with Gasteiger partial charge in [-0.15, -0.1) is 14.6 Å². The summed E-state index contributed by atoms with van der Waals surface area (Å²) in [5.41, 5.74) is 3.49. The van der Waals surface area contributed by atoms with Gasteiger partial charge in [0.1, 0.15) is 17.1 Å². The molecule has 183 valence electrons. The van der Waals surface area contributed by atoms with E-state index >= 15 is 0 Å². The van der Waals surface area contributed by atoms with Crippen molar-refractivity contribution >= 4 is 45.6 Å². The van der Waals surface area contributed by atoms with E-state index in [4.69, 9.17) is 5.26 Å². The number of phenols is 2. The standard InChI is InChI=1S/C24H20N4O5S.Cu/c1-14-3-6-17(7-4-14)25-26-18-8-10-20(21(29)13-18)27-28-23-22(34-33-32-31)12-16-11-15(2)5-9-19(16)24(23)30;/h3-13,29-31H,1-2H3;.